The molecular weight excluding hydrogens is 374 g/mol. The van der Waals surface area contributed by atoms with Gasteiger partial charge in [0.05, 0.1) is 10.9 Å². The largest absolute Gasteiger partial charge is 0.492 e. The van der Waals surface area contributed by atoms with Crippen LogP contribution in [0.1, 0.15) is 12.0 Å². The molecule has 6 nitrogen and oxygen atoms in total. The van der Waals surface area contributed by atoms with E-state index in [9.17, 15) is 9.59 Å². The van der Waals surface area contributed by atoms with Gasteiger partial charge in [0.15, 0.2) is 0 Å². The molecule has 0 fully saturated rings. The normalized spacial score (nSPS) is 15.7. The van der Waals surface area contributed by atoms with Gasteiger partial charge in [0, 0.05) is 24.4 Å². The highest BCUT2D eigenvalue weighted by molar-refractivity contribution is 8.01. The average molecular weight is 400 g/mol. The molecule has 1 atom stereocenters. The van der Waals surface area contributed by atoms with Gasteiger partial charge in [0.2, 0.25) is 11.8 Å². The molecule has 2 aromatic rings. The zero-order valence-corrected chi connectivity index (χ0v) is 16.9. The van der Waals surface area contributed by atoms with Gasteiger partial charge in [-0.25, -0.2) is 0 Å². The molecule has 0 bridgehead atoms. The number of amides is 2. The van der Waals surface area contributed by atoms with Crippen LogP contribution in [0.2, 0.25) is 0 Å². The number of anilines is 1. The molecule has 2 amide bonds. The fourth-order valence-electron chi connectivity index (χ4n) is 2.72. The van der Waals surface area contributed by atoms with Gasteiger partial charge < -0.3 is 20.3 Å². The van der Waals surface area contributed by atoms with Crippen molar-refractivity contribution < 1.29 is 14.3 Å². The molecule has 1 aliphatic rings. The van der Waals surface area contributed by atoms with Crippen LogP contribution in [0.15, 0.2) is 53.4 Å². The first-order valence-corrected chi connectivity index (χ1v) is 10.1. The molecule has 3 rings (SSSR count). The van der Waals surface area contributed by atoms with E-state index in [2.05, 4.69) is 15.5 Å². The lowest BCUT2D eigenvalue weighted by Gasteiger charge is -2.23. The molecule has 2 N–H and O–H groups in total. The molecule has 1 unspecified atom stereocenters. The fraction of sp³-hybridized carbons (Fsp3) is 0.333. The number of ether oxygens (including phenoxy) is 1. The Kier molecular flexibility index (Phi) is 6.95. The van der Waals surface area contributed by atoms with Crippen LogP contribution >= 0.6 is 11.8 Å². The van der Waals surface area contributed by atoms with Crippen LogP contribution in [0.25, 0.3) is 0 Å². The van der Waals surface area contributed by atoms with Crippen LogP contribution in [0, 0.1) is 0 Å². The number of para-hydroxylation sites is 1. The molecule has 0 radical (unpaired) electrons. The first-order chi connectivity index (χ1) is 13.5. The Labute approximate surface area is 169 Å². The molecule has 7 heteroatoms. The van der Waals surface area contributed by atoms with Gasteiger partial charge in [0.1, 0.15) is 12.4 Å². The van der Waals surface area contributed by atoms with Gasteiger partial charge in [-0.15, -0.1) is 11.8 Å². The Morgan fingerprint density at radius 3 is 2.68 bits per heavy atom. The van der Waals surface area contributed by atoms with Crippen LogP contribution in [-0.2, 0) is 16.1 Å². The molecule has 0 saturated carbocycles. The summed E-state index contributed by atoms with van der Waals surface area (Å²) in [5, 5.41) is 5.34. The molecule has 0 aliphatic carbocycles. The number of nitrogens with one attached hydrogen (secondary N) is 2. The van der Waals surface area contributed by atoms with E-state index in [1.54, 1.807) is 0 Å². The third-order valence-corrected chi connectivity index (χ3v) is 5.57. The van der Waals surface area contributed by atoms with E-state index in [0.717, 1.165) is 28.4 Å². The zero-order chi connectivity index (χ0) is 19.9. The quantitative estimate of drug-likeness (QED) is 0.714. The third kappa shape index (κ3) is 5.74. The van der Waals surface area contributed by atoms with E-state index in [-0.39, 0.29) is 18.2 Å². The highest BCUT2D eigenvalue weighted by atomic mass is 32.2. The summed E-state index contributed by atoms with van der Waals surface area (Å²) in [5.41, 5.74) is 1.79. The van der Waals surface area contributed by atoms with Gasteiger partial charge in [-0.2, -0.15) is 0 Å². The van der Waals surface area contributed by atoms with Crippen molar-refractivity contribution >= 4 is 29.3 Å². The van der Waals surface area contributed by atoms with Crippen molar-refractivity contribution in [2.24, 2.45) is 0 Å². The van der Waals surface area contributed by atoms with Gasteiger partial charge in [-0.1, -0.05) is 24.3 Å². The lowest BCUT2D eigenvalue weighted by atomic mass is 10.2. The number of carbonyl (C=O) groups excluding carboxylic acids is 2. The molecular formula is C21H25N3O3S. The fourth-order valence-corrected chi connectivity index (χ4v) is 3.83. The lowest BCUT2D eigenvalue weighted by molar-refractivity contribution is -0.124. The summed E-state index contributed by atoms with van der Waals surface area (Å²) < 4.78 is 5.66. The van der Waals surface area contributed by atoms with Gasteiger partial charge in [-0.3, -0.25) is 9.59 Å². The maximum Gasteiger partial charge on any atom is 0.238 e. The maximum absolute atomic E-state index is 12.3. The summed E-state index contributed by atoms with van der Waals surface area (Å²) >= 11 is 1.43. The van der Waals surface area contributed by atoms with Crippen molar-refractivity contribution in [2.75, 3.05) is 32.6 Å². The predicted octanol–water partition coefficient (Wildman–Crippen LogP) is 2.75. The summed E-state index contributed by atoms with van der Waals surface area (Å²) in [4.78, 5) is 27.5. The minimum atomic E-state index is -0.414. The highest BCUT2D eigenvalue weighted by Crippen LogP contribution is 2.36. The van der Waals surface area contributed by atoms with Crippen molar-refractivity contribution in [1.29, 1.82) is 0 Å². The summed E-state index contributed by atoms with van der Waals surface area (Å²) in [6.45, 7) is 1.91. The minimum absolute atomic E-state index is 0.127. The standard InChI is InChI=1S/C21H25N3O3S/c1-24(2)11-12-27-16-9-7-15(8-10-16)14-22-20(25)13-19-21(26)23-17-5-3-4-6-18(17)28-19/h3-10,19H,11-14H2,1-2H3,(H,22,25)(H,23,26). The van der Waals surface area contributed by atoms with Crippen molar-refractivity contribution in [3.63, 3.8) is 0 Å². The number of hydrogen-bond acceptors (Lipinski definition) is 5. The number of nitrogens with zero attached hydrogens (tertiary/aromatic N) is 1. The molecule has 0 saturated heterocycles. The first-order valence-electron chi connectivity index (χ1n) is 9.21. The van der Waals surface area contributed by atoms with Gasteiger partial charge >= 0.3 is 0 Å². The Hall–Kier alpha value is -2.51. The average Bonchev–Trinajstić information content (AvgIpc) is 2.68. The molecule has 1 heterocycles. The van der Waals surface area contributed by atoms with Crippen LogP contribution in [0.4, 0.5) is 5.69 Å². The number of thioether (sulfide) groups is 1. The SMILES string of the molecule is CN(C)CCOc1ccc(CNC(=O)CC2Sc3ccccc3NC2=O)cc1. The summed E-state index contributed by atoms with van der Waals surface area (Å²) in [7, 11) is 4.01. The van der Waals surface area contributed by atoms with Crippen LogP contribution < -0.4 is 15.4 Å². The van der Waals surface area contributed by atoms with Crippen molar-refractivity contribution in [3.05, 3.63) is 54.1 Å². The number of carbonyl (C=O) groups is 2. The van der Waals surface area contributed by atoms with E-state index in [4.69, 9.17) is 4.74 Å². The summed E-state index contributed by atoms with van der Waals surface area (Å²) in [5.74, 6) is 0.544. The second kappa shape index (κ2) is 9.61. The smallest absolute Gasteiger partial charge is 0.238 e. The number of fused-ring (bicyclic) bond motifs is 1. The number of hydrogen-bond donors (Lipinski definition) is 2. The van der Waals surface area contributed by atoms with Gasteiger partial charge in [0.25, 0.3) is 0 Å². The van der Waals surface area contributed by atoms with Crippen LogP contribution in [0.3, 0.4) is 0 Å². The Morgan fingerprint density at radius 2 is 1.93 bits per heavy atom. The van der Waals surface area contributed by atoms with Crippen molar-refractivity contribution in [3.8, 4) is 5.75 Å². The van der Waals surface area contributed by atoms with Crippen LogP contribution in [0.5, 0.6) is 5.75 Å². The predicted molar refractivity (Wildman–Crippen MR) is 112 cm³/mol. The third-order valence-electron chi connectivity index (χ3n) is 4.30. The number of rotatable bonds is 8. The van der Waals surface area contributed by atoms with E-state index >= 15 is 0 Å². The highest BCUT2D eigenvalue weighted by Gasteiger charge is 2.28. The number of benzene rings is 2. The Morgan fingerprint density at radius 1 is 1.18 bits per heavy atom. The lowest BCUT2D eigenvalue weighted by Crippen LogP contribution is -2.34. The maximum atomic E-state index is 12.3. The van der Waals surface area contributed by atoms with E-state index in [0.29, 0.717) is 13.2 Å². The molecule has 148 valence electrons. The van der Waals surface area contributed by atoms with Crippen LogP contribution in [-0.4, -0.2) is 49.2 Å². The molecule has 0 aromatic heterocycles. The van der Waals surface area contributed by atoms with E-state index in [1.807, 2.05) is 62.6 Å². The Balaban J connectivity index is 1.45. The van der Waals surface area contributed by atoms with Gasteiger partial charge in [-0.05, 0) is 43.9 Å². The van der Waals surface area contributed by atoms with E-state index in [1.165, 1.54) is 11.8 Å². The molecule has 1 aliphatic heterocycles. The zero-order valence-electron chi connectivity index (χ0n) is 16.1. The minimum Gasteiger partial charge on any atom is -0.492 e. The second-order valence-electron chi connectivity index (χ2n) is 6.87. The molecule has 0 spiro atoms. The van der Waals surface area contributed by atoms with Crippen molar-refractivity contribution in [2.45, 2.75) is 23.1 Å². The Bertz CT molecular complexity index is 824. The van der Waals surface area contributed by atoms with E-state index < -0.39 is 5.25 Å². The second-order valence-corrected chi connectivity index (χ2v) is 8.11. The monoisotopic (exact) mass is 399 g/mol. The van der Waals surface area contributed by atoms with Crippen molar-refractivity contribution in [1.82, 2.24) is 10.2 Å². The first kappa shape index (κ1) is 20.2. The topological polar surface area (TPSA) is 70.7 Å². The molecule has 2 aromatic carbocycles. The molecule has 28 heavy (non-hydrogen) atoms. The summed E-state index contributed by atoms with van der Waals surface area (Å²) in [6.07, 6.45) is 0.149. The number of likely N-dealkylation sites (N-methyl/N-ethyl adjacent to an activating group) is 1. The summed E-state index contributed by atoms with van der Waals surface area (Å²) in [6, 6.07) is 15.3.